The molecule has 0 bridgehead atoms. The zero-order valence-corrected chi connectivity index (χ0v) is 13.9. The highest BCUT2D eigenvalue weighted by molar-refractivity contribution is 8.00. The molecule has 26 heavy (non-hydrogen) atoms. The molecule has 0 N–H and O–H groups in total. The number of nitrogens with zero attached hydrogens (tertiary/aromatic N) is 1. The van der Waals surface area contributed by atoms with Gasteiger partial charge in [-0.15, -0.1) is 0 Å². The smallest absolute Gasteiger partial charge is 0.426 e. The SMILES string of the molecule is O=C(CCC(=O)c1ccc2c(c1)OC(F)(F)C(F)(F)S2)c1cccnc1. The van der Waals surface area contributed by atoms with Gasteiger partial charge in [0.15, 0.2) is 11.6 Å². The van der Waals surface area contributed by atoms with Crippen molar-refractivity contribution in [1.29, 1.82) is 0 Å². The lowest BCUT2D eigenvalue weighted by atomic mass is 10.0. The molecule has 0 unspecified atom stereocenters. The zero-order chi connectivity index (χ0) is 18.9. The molecule has 0 aliphatic carbocycles. The van der Waals surface area contributed by atoms with Crippen molar-refractivity contribution in [1.82, 2.24) is 4.98 Å². The Morgan fingerprint density at radius 2 is 1.73 bits per heavy atom. The minimum Gasteiger partial charge on any atom is -0.426 e. The molecular formula is C17H11F4NO3S. The molecule has 0 saturated heterocycles. The largest absolute Gasteiger partial charge is 0.475 e. The van der Waals surface area contributed by atoms with Crippen molar-refractivity contribution in [3.8, 4) is 5.75 Å². The molecule has 1 aromatic heterocycles. The van der Waals surface area contributed by atoms with E-state index in [0.717, 1.165) is 12.1 Å². The van der Waals surface area contributed by atoms with Crippen LogP contribution in [-0.4, -0.2) is 27.9 Å². The molecule has 4 nitrogen and oxygen atoms in total. The van der Waals surface area contributed by atoms with E-state index in [1.54, 1.807) is 12.1 Å². The van der Waals surface area contributed by atoms with Gasteiger partial charge in [0.25, 0.3) is 0 Å². The summed E-state index contributed by atoms with van der Waals surface area (Å²) in [5, 5.41) is -4.40. The molecule has 2 aromatic rings. The third kappa shape index (κ3) is 3.57. The number of hydrogen-bond donors (Lipinski definition) is 0. The minimum absolute atomic E-state index is 0.00403. The van der Waals surface area contributed by atoms with Gasteiger partial charge >= 0.3 is 11.4 Å². The number of carbonyl (C=O) groups excluding carboxylic acids is 2. The van der Waals surface area contributed by atoms with Gasteiger partial charge < -0.3 is 4.74 Å². The lowest BCUT2D eigenvalue weighted by Crippen LogP contribution is -2.45. The van der Waals surface area contributed by atoms with Crippen LogP contribution in [0.3, 0.4) is 0 Å². The molecule has 0 atom stereocenters. The fraction of sp³-hybridized carbons (Fsp3) is 0.235. The number of benzene rings is 1. The number of Topliss-reactive ketones (excluding diaryl/α,β-unsaturated/α-hetero) is 2. The fourth-order valence-corrected chi connectivity index (χ4v) is 3.06. The van der Waals surface area contributed by atoms with Gasteiger partial charge in [-0.3, -0.25) is 14.6 Å². The summed E-state index contributed by atoms with van der Waals surface area (Å²) in [6, 6.07) is 6.50. The van der Waals surface area contributed by atoms with Crippen LogP contribution < -0.4 is 4.74 Å². The van der Waals surface area contributed by atoms with Gasteiger partial charge in [0.1, 0.15) is 5.75 Å². The number of fused-ring (bicyclic) bond motifs is 1. The van der Waals surface area contributed by atoms with E-state index in [4.69, 9.17) is 0 Å². The molecule has 0 fully saturated rings. The quantitative estimate of drug-likeness (QED) is 0.556. The Hall–Kier alpha value is -2.42. The number of aromatic nitrogens is 1. The van der Waals surface area contributed by atoms with E-state index in [1.807, 2.05) is 0 Å². The van der Waals surface area contributed by atoms with Crippen molar-refractivity contribution in [3.63, 3.8) is 0 Å². The van der Waals surface area contributed by atoms with Crippen LogP contribution in [0.15, 0.2) is 47.6 Å². The number of ether oxygens (including phenoxy) is 1. The van der Waals surface area contributed by atoms with Crippen LogP contribution in [0.1, 0.15) is 33.6 Å². The maximum Gasteiger partial charge on any atom is 0.475 e. The monoisotopic (exact) mass is 385 g/mol. The van der Waals surface area contributed by atoms with Crippen molar-refractivity contribution >= 4 is 23.3 Å². The number of thioether (sulfide) groups is 1. The molecule has 136 valence electrons. The average molecular weight is 385 g/mol. The number of carbonyl (C=O) groups is 2. The van der Waals surface area contributed by atoms with Gasteiger partial charge in [-0.1, -0.05) is 6.07 Å². The second kappa shape index (κ2) is 6.71. The van der Waals surface area contributed by atoms with E-state index in [1.165, 1.54) is 18.5 Å². The maximum atomic E-state index is 13.3. The van der Waals surface area contributed by atoms with Gasteiger partial charge in [0.05, 0.1) is 4.90 Å². The molecule has 3 rings (SSSR count). The van der Waals surface area contributed by atoms with Crippen LogP contribution in [0, 0.1) is 0 Å². The number of alkyl halides is 4. The normalized spacial score (nSPS) is 17.1. The number of ketones is 2. The summed E-state index contributed by atoms with van der Waals surface area (Å²) in [4.78, 5) is 27.8. The maximum absolute atomic E-state index is 13.3. The van der Waals surface area contributed by atoms with Crippen LogP contribution in [-0.2, 0) is 0 Å². The highest BCUT2D eigenvalue weighted by Crippen LogP contribution is 2.54. The molecule has 0 radical (unpaired) electrons. The summed E-state index contributed by atoms with van der Waals surface area (Å²) >= 11 is -0.324. The molecule has 1 aliphatic rings. The fourth-order valence-electron chi connectivity index (χ4n) is 2.28. The summed E-state index contributed by atoms with van der Waals surface area (Å²) in [5.74, 6) is -1.27. The molecule has 1 aromatic carbocycles. The molecule has 0 saturated carbocycles. The summed E-state index contributed by atoms with van der Waals surface area (Å²) in [7, 11) is 0. The Bertz CT molecular complexity index is 858. The lowest BCUT2D eigenvalue weighted by Gasteiger charge is -2.31. The third-order valence-electron chi connectivity index (χ3n) is 3.64. The topological polar surface area (TPSA) is 56.3 Å². The number of pyridine rings is 1. The molecule has 9 heteroatoms. The lowest BCUT2D eigenvalue weighted by molar-refractivity contribution is -0.273. The first-order valence-electron chi connectivity index (χ1n) is 7.44. The van der Waals surface area contributed by atoms with Gasteiger partial charge in [-0.25, -0.2) is 0 Å². The van der Waals surface area contributed by atoms with Crippen molar-refractivity contribution in [2.75, 3.05) is 0 Å². The first kappa shape index (κ1) is 18.4. The first-order valence-corrected chi connectivity index (χ1v) is 8.25. The Morgan fingerprint density at radius 1 is 1.04 bits per heavy atom. The van der Waals surface area contributed by atoms with E-state index in [9.17, 15) is 27.2 Å². The summed E-state index contributed by atoms with van der Waals surface area (Å²) in [6.45, 7) is 0. The van der Waals surface area contributed by atoms with Crippen molar-refractivity contribution < 1.29 is 31.9 Å². The van der Waals surface area contributed by atoms with Crippen molar-refractivity contribution in [3.05, 3.63) is 53.9 Å². The molecule has 1 aliphatic heterocycles. The van der Waals surface area contributed by atoms with Crippen LogP contribution in [0.2, 0.25) is 0 Å². The van der Waals surface area contributed by atoms with E-state index >= 15 is 0 Å². The Kier molecular flexibility index (Phi) is 4.74. The molecular weight excluding hydrogens is 374 g/mol. The van der Waals surface area contributed by atoms with Gasteiger partial charge in [-0.05, 0) is 36.0 Å². The Labute approximate surface area is 149 Å². The van der Waals surface area contributed by atoms with Crippen LogP contribution >= 0.6 is 11.8 Å². The molecule has 0 spiro atoms. The van der Waals surface area contributed by atoms with Crippen LogP contribution in [0.25, 0.3) is 0 Å². The highest BCUT2D eigenvalue weighted by Gasteiger charge is 2.63. The zero-order valence-electron chi connectivity index (χ0n) is 13.0. The Morgan fingerprint density at radius 3 is 2.38 bits per heavy atom. The summed E-state index contributed by atoms with van der Waals surface area (Å²) < 4.78 is 57.2. The molecule has 0 amide bonds. The van der Waals surface area contributed by atoms with Gasteiger partial charge in [-0.2, -0.15) is 17.6 Å². The number of halogens is 4. The number of rotatable bonds is 5. The minimum atomic E-state index is -4.68. The van der Waals surface area contributed by atoms with Crippen molar-refractivity contribution in [2.24, 2.45) is 0 Å². The van der Waals surface area contributed by atoms with Crippen LogP contribution in [0.5, 0.6) is 5.75 Å². The average Bonchev–Trinajstić information content (AvgIpc) is 2.60. The number of hydrogen-bond acceptors (Lipinski definition) is 5. The van der Waals surface area contributed by atoms with E-state index in [-0.39, 0.29) is 40.8 Å². The third-order valence-corrected chi connectivity index (χ3v) is 4.69. The van der Waals surface area contributed by atoms with Crippen LogP contribution in [0.4, 0.5) is 17.6 Å². The van der Waals surface area contributed by atoms with Gasteiger partial charge in [0.2, 0.25) is 0 Å². The van der Waals surface area contributed by atoms with E-state index < -0.39 is 22.9 Å². The van der Waals surface area contributed by atoms with E-state index in [0.29, 0.717) is 5.56 Å². The second-order valence-electron chi connectivity index (χ2n) is 5.49. The highest BCUT2D eigenvalue weighted by atomic mass is 32.2. The van der Waals surface area contributed by atoms with Crippen molar-refractivity contribution in [2.45, 2.75) is 29.1 Å². The molecule has 2 heterocycles. The predicted molar refractivity (Wildman–Crippen MR) is 85.0 cm³/mol. The second-order valence-corrected chi connectivity index (χ2v) is 6.64. The standard InChI is InChI=1S/C17H11F4NO3S/c18-16(19)17(20,21)26-15-6-3-10(8-14(15)25-16)12(23)4-5-13(24)11-2-1-7-22-9-11/h1-3,6-9H,4-5H2. The predicted octanol–water partition coefficient (Wildman–Crippen LogP) is 4.60. The summed E-state index contributed by atoms with van der Waals surface area (Å²) in [5.41, 5.74) is 0.358. The van der Waals surface area contributed by atoms with Gasteiger partial charge in [0, 0.05) is 36.4 Å². The Balaban J connectivity index is 1.71. The summed E-state index contributed by atoms with van der Waals surface area (Å²) in [6.07, 6.45) is -2.05. The first-order chi connectivity index (χ1) is 12.2. The van der Waals surface area contributed by atoms with E-state index in [2.05, 4.69) is 9.72 Å².